The minimum atomic E-state index is -3.54. The molecule has 1 aliphatic rings. The van der Waals surface area contributed by atoms with Crippen molar-refractivity contribution in [1.82, 2.24) is 4.90 Å². The summed E-state index contributed by atoms with van der Waals surface area (Å²) < 4.78 is 34.6. The highest BCUT2D eigenvalue weighted by molar-refractivity contribution is 7.90. The molecule has 1 aliphatic heterocycles. The van der Waals surface area contributed by atoms with E-state index in [9.17, 15) is 18.0 Å². The van der Waals surface area contributed by atoms with E-state index in [4.69, 9.17) is 15.2 Å². The molecule has 1 atom stereocenters. The van der Waals surface area contributed by atoms with Crippen LogP contribution in [0.3, 0.4) is 0 Å². The minimum Gasteiger partial charge on any atom is -0.493 e. The van der Waals surface area contributed by atoms with Crippen molar-refractivity contribution in [2.75, 3.05) is 32.0 Å². The molecule has 28 heavy (non-hydrogen) atoms. The number of nitrogen functional groups attached to an aromatic ring is 1. The number of sulfone groups is 1. The molecule has 0 bridgehead atoms. The second-order valence-corrected chi connectivity index (χ2v) is 8.66. The predicted octanol–water partition coefficient (Wildman–Crippen LogP) is 1.67. The van der Waals surface area contributed by atoms with Crippen LogP contribution >= 0.6 is 0 Å². The van der Waals surface area contributed by atoms with Crippen LogP contribution < -0.4 is 15.2 Å². The lowest BCUT2D eigenvalue weighted by Gasteiger charge is -2.26. The van der Waals surface area contributed by atoms with Gasteiger partial charge in [-0.1, -0.05) is 12.1 Å². The first-order valence-corrected chi connectivity index (χ1v) is 10.4. The number of fused-ring (bicyclic) bond motifs is 1. The van der Waals surface area contributed by atoms with Gasteiger partial charge in [0.1, 0.15) is 9.84 Å². The summed E-state index contributed by atoms with van der Waals surface area (Å²) in [5, 5.41) is 0. The highest BCUT2D eigenvalue weighted by Crippen LogP contribution is 2.37. The fourth-order valence-corrected chi connectivity index (χ4v) is 4.19. The maximum absolute atomic E-state index is 13.0. The first-order chi connectivity index (χ1) is 13.2. The number of nitrogens with zero attached hydrogens (tertiary/aromatic N) is 1. The summed E-state index contributed by atoms with van der Waals surface area (Å²) in [7, 11) is -0.627. The maximum atomic E-state index is 13.0. The van der Waals surface area contributed by atoms with Crippen LogP contribution in [0.1, 0.15) is 32.3 Å². The van der Waals surface area contributed by atoms with Gasteiger partial charge in [0.25, 0.3) is 11.8 Å². The molecule has 9 heteroatoms. The van der Waals surface area contributed by atoms with Gasteiger partial charge < -0.3 is 15.2 Å². The lowest BCUT2D eigenvalue weighted by Crippen LogP contribution is -2.37. The summed E-state index contributed by atoms with van der Waals surface area (Å²) in [6.45, 7) is 0. The fraction of sp³-hybridized carbons (Fsp3) is 0.263. The molecule has 0 radical (unpaired) electrons. The van der Waals surface area contributed by atoms with Crippen molar-refractivity contribution in [2.45, 2.75) is 6.04 Å². The predicted molar refractivity (Wildman–Crippen MR) is 103 cm³/mol. The Morgan fingerprint density at radius 2 is 1.71 bits per heavy atom. The van der Waals surface area contributed by atoms with Crippen LogP contribution in [0.5, 0.6) is 11.5 Å². The molecule has 1 unspecified atom stereocenters. The van der Waals surface area contributed by atoms with Crippen LogP contribution in [0.25, 0.3) is 0 Å². The van der Waals surface area contributed by atoms with Gasteiger partial charge in [0.2, 0.25) is 0 Å². The number of anilines is 1. The van der Waals surface area contributed by atoms with Crippen LogP contribution in [-0.4, -0.2) is 51.4 Å². The number of carbonyl (C=O) groups is 2. The third-order valence-corrected chi connectivity index (χ3v) is 5.46. The second-order valence-electron chi connectivity index (χ2n) is 6.47. The Kier molecular flexibility index (Phi) is 5.03. The number of ether oxygens (including phenoxy) is 2. The van der Waals surface area contributed by atoms with Crippen molar-refractivity contribution in [1.29, 1.82) is 0 Å². The monoisotopic (exact) mass is 404 g/mol. The smallest absolute Gasteiger partial charge is 0.264 e. The standard InChI is InChI=1S/C19H20N2O6S/c1-26-15-8-7-11(9-16(15)27-2)14(10-28(3,24)25)21-18(22)12-5-4-6-13(20)17(12)19(21)23/h4-9,14H,10,20H2,1-3H3. The lowest BCUT2D eigenvalue weighted by atomic mass is 10.1. The topological polar surface area (TPSA) is 116 Å². The van der Waals surface area contributed by atoms with Gasteiger partial charge >= 0.3 is 0 Å². The molecular weight excluding hydrogens is 384 g/mol. The Hall–Kier alpha value is -3.07. The summed E-state index contributed by atoms with van der Waals surface area (Å²) in [5.41, 5.74) is 6.72. The van der Waals surface area contributed by atoms with E-state index in [1.165, 1.54) is 26.4 Å². The molecule has 148 valence electrons. The lowest BCUT2D eigenvalue weighted by molar-refractivity contribution is 0.0598. The van der Waals surface area contributed by atoms with Crippen molar-refractivity contribution >= 4 is 27.3 Å². The number of imide groups is 1. The number of amides is 2. The van der Waals surface area contributed by atoms with Crippen LogP contribution in [0.4, 0.5) is 5.69 Å². The SMILES string of the molecule is COc1ccc(C(CS(C)(=O)=O)N2C(=O)c3cccc(N)c3C2=O)cc1OC. The van der Waals surface area contributed by atoms with E-state index in [0.717, 1.165) is 11.2 Å². The summed E-state index contributed by atoms with van der Waals surface area (Å²) in [6.07, 6.45) is 1.05. The van der Waals surface area contributed by atoms with E-state index >= 15 is 0 Å². The zero-order chi connectivity index (χ0) is 20.6. The number of rotatable bonds is 6. The summed E-state index contributed by atoms with van der Waals surface area (Å²) in [6, 6.07) is 8.31. The Morgan fingerprint density at radius 1 is 1.04 bits per heavy atom. The largest absolute Gasteiger partial charge is 0.493 e. The highest BCUT2D eigenvalue weighted by Gasteiger charge is 2.43. The third kappa shape index (κ3) is 3.40. The molecule has 3 rings (SSSR count). The van der Waals surface area contributed by atoms with Crippen molar-refractivity contribution in [3.63, 3.8) is 0 Å². The number of nitrogens with two attached hydrogens (primary N) is 1. The van der Waals surface area contributed by atoms with E-state index in [1.54, 1.807) is 24.3 Å². The molecule has 0 saturated carbocycles. The van der Waals surface area contributed by atoms with Crippen LogP contribution in [0.2, 0.25) is 0 Å². The Labute approximate surface area is 162 Å². The van der Waals surface area contributed by atoms with E-state index in [1.807, 2.05) is 0 Å². The molecule has 0 fully saturated rings. The van der Waals surface area contributed by atoms with Crippen LogP contribution in [0.15, 0.2) is 36.4 Å². The summed E-state index contributed by atoms with van der Waals surface area (Å²) in [5.74, 6) is -0.851. The van der Waals surface area contributed by atoms with Gasteiger partial charge in [-0.05, 0) is 29.8 Å². The Morgan fingerprint density at radius 3 is 2.29 bits per heavy atom. The van der Waals surface area contributed by atoms with Crippen molar-refractivity contribution in [2.24, 2.45) is 0 Å². The molecular formula is C19H20N2O6S. The molecule has 0 aliphatic carbocycles. The van der Waals surface area contributed by atoms with Crippen molar-refractivity contribution in [3.05, 3.63) is 53.1 Å². The minimum absolute atomic E-state index is 0.0893. The number of benzene rings is 2. The average Bonchev–Trinajstić information content (AvgIpc) is 2.90. The molecule has 2 amide bonds. The molecule has 2 N–H and O–H groups in total. The van der Waals surface area contributed by atoms with Gasteiger partial charge in [0.15, 0.2) is 11.5 Å². The van der Waals surface area contributed by atoms with E-state index in [0.29, 0.717) is 17.1 Å². The number of carbonyl (C=O) groups excluding carboxylic acids is 2. The zero-order valence-corrected chi connectivity index (χ0v) is 16.4. The number of methoxy groups -OCH3 is 2. The first-order valence-electron chi connectivity index (χ1n) is 8.34. The molecule has 8 nitrogen and oxygen atoms in total. The van der Waals surface area contributed by atoms with E-state index < -0.39 is 33.4 Å². The molecule has 0 aromatic heterocycles. The van der Waals surface area contributed by atoms with Crippen molar-refractivity contribution < 1.29 is 27.5 Å². The van der Waals surface area contributed by atoms with Gasteiger partial charge in [-0.25, -0.2) is 8.42 Å². The summed E-state index contributed by atoms with van der Waals surface area (Å²) in [4.78, 5) is 26.9. The van der Waals surface area contributed by atoms with Gasteiger partial charge in [-0.2, -0.15) is 0 Å². The van der Waals surface area contributed by atoms with Gasteiger partial charge in [-0.15, -0.1) is 0 Å². The van der Waals surface area contributed by atoms with E-state index in [-0.39, 0.29) is 16.8 Å². The molecule has 0 saturated heterocycles. The highest BCUT2D eigenvalue weighted by atomic mass is 32.2. The van der Waals surface area contributed by atoms with Gasteiger partial charge in [0, 0.05) is 11.9 Å². The van der Waals surface area contributed by atoms with E-state index in [2.05, 4.69) is 0 Å². The van der Waals surface area contributed by atoms with Crippen LogP contribution in [-0.2, 0) is 9.84 Å². The maximum Gasteiger partial charge on any atom is 0.264 e. The third-order valence-electron chi connectivity index (χ3n) is 4.54. The fourth-order valence-electron chi connectivity index (χ4n) is 3.28. The summed E-state index contributed by atoms with van der Waals surface area (Å²) >= 11 is 0. The normalized spacial score (nSPS) is 14.8. The van der Waals surface area contributed by atoms with Crippen LogP contribution in [0, 0.1) is 0 Å². The number of hydrogen-bond donors (Lipinski definition) is 1. The van der Waals surface area contributed by atoms with Gasteiger partial charge in [-0.3, -0.25) is 14.5 Å². The zero-order valence-electron chi connectivity index (χ0n) is 15.6. The second kappa shape index (κ2) is 7.16. The Balaban J connectivity index is 2.14. The quantitative estimate of drug-likeness (QED) is 0.575. The van der Waals surface area contributed by atoms with Gasteiger partial charge in [0.05, 0.1) is 37.1 Å². The molecule has 2 aromatic rings. The first kappa shape index (κ1) is 19.7. The number of hydrogen-bond acceptors (Lipinski definition) is 7. The van der Waals surface area contributed by atoms with Crippen molar-refractivity contribution in [3.8, 4) is 11.5 Å². The molecule has 0 spiro atoms. The molecule has 1 heterocycles. The Bertz CT molecular complexity index is 1060. The molecule has 2 aromatic carbocycles. The average molecular weight is 404 g/mol.